The second-order valence-corrected chi connectivity index (χ2v) is 3.56. The van der Waals surface area contributed by atoms with Gasteiger partial charge in [-0.2, -0.15) is 10.4 Å². The van der Waals surface area contributed by atoms with Crippen molar-refractivity contribution in [3.05, 3.63) is 17.5 Å². The third-order valence-corrected chi connectivity index (χ3v) is 2.56. The molecule has 1 heterocycles. The van der Waals surface area contributed by atoms with E-state index in [0.29, 0.717) is 24.1 Å². The number of carboxylic acid groups (broad SMARTS) is 1. The fourth-order valence-electron chi connectivity index (χ4n) is 1.60. The fourth-order valence-corrected chi connectivity index (χ4v) is 1.60. The maximum absolute atomic E-state index is 11.0. The summed E-state index contributed by atoms with van der Waals surface area (Å²) in [6.07, 6.45) is 2.71. The fraction of sp³-hybridized carbons (Fsp3) is 0.444. The van der Waals surface area contributed by atoms with Gasteiger partial charge in [0, 0.05) is 13.2 Å². The Kier molecular flexibility index (Phi) is 1.61. The molecule has 14 heavy (non-hydrogen) atoms. The zero-order valence-corrected chi connectivity index (χ0v) is 7.69. The molecule has 72 valence electrons. The van der Waals surface area contributed by atoms with Gasteiger partial charge in [-0.25, -0.2) is 0 Å². The van der Waals surface area contributed by atoms with E-state index >= 15 is 0 Å². The highest BCUT2D eigenvalue weighted by molar-refractivity contribution is 5.85. The van der Waals surface area contributed by atoms with E-state index in [1.54, 1.807) is 13.2 Å². The Hall–Kier alpha value is -1.83. The summed E-state index contributed by atoms with van der Waals surface area (Å²) >= 11 is 0. The van der Waals surface area contributed by atoms with Crippen LogP contribution in [-0.4, -0.2) is 20.9 Å². The Morgan fingerprint density at radius 3 is 2.86 bits per heavy atom. The van der Waals surface area contributed by atoms with Crippen LogP contribution in [0.15, 0.2) is 6.20 Å². The average Bonchev–Trinajstić information content (AvgIpc) is 2.85. The molecule has 0 saturated heterocycles. The maximum Gasteiger partial charge on any atom is 0.315 e. The van der Waals surface area contributed by atoms with E-state index in [0.717, 1.165) is 0 Å². The van der Waals surface area contributed by atoms with Gasteiger partial charge in [0.25, 0.3) is 0 Å². The van der Waals surface area contributed by atoms with Gasteiger partial charge in [-0.3, -0.25) is 9.48 Å². The normalized spacial score (nSPS) is 17.4. The molecule has 1 aromatic heterocycles. The van der Waals surface area contributed by atoms with E-state index in [1.807, 2.05) is 6.07 Å². The van der Waals surface area contributed by atoms with Crippen molar-refractivity contribution in [3.8, 4) is 6.07 Å². The van der Waals surface area contributed by atoms with Gasteiger partial charge < -0.3 is 5.11 Å². The molecule has 0 atom stereocenters. The van der Waals surface area contributed by atoms with Crippen molar-refractivity contribution in [2.45, 2.75) is 18.3 Å². The highest BCUT2D eigenvalue weighted by Gasteiger charge is 2.55. The van der Waals surface area contributed by atoms with Crippen LogP contribution in [0.3, 0.4) is 0 Å². The van der Waals surface area contributed by atoms with Gasteiger partial charge in [-0.15, -0.1) is 0 Å². The molecule has 0 bridgehead atoms. The summed E-state index contributed by atoms with van der Waals surface area (Å²) in [5, 5.41) is 21.9. The number of rotatable bonds is 2. The smallest absolute Gasteiger partial charge is 0.315 e. The number of carboxylic acids is 1. The summed E-state index contributed by atoms with van der Waals surface area (Å²) in [6, 6.07) is 1.97. The zero-order chi connectivity index (χ0) is 10.3. The van der Waals surface area contributed by atoms with E-state index in [4.69, 9.17) is 10.4 Å². The topological polar surface area (TPSA) is 78.9 Å². The summed E-state index contributed by atoms with van der Waals surface area (Å²) in [5.74, 6) is -0.882. The van der Waals surface area contributed by atoms with Crippen LogP contribution in [0.5, 0.6) is 0 Å². The Bertz CT molecular complexity index is 437. The molecule has 1 aliphatic carbocycles. The molecular formula is C9H9N3O2. The minimum Gasteiger partial charge on any atom is -0.481 e. The monoisotopic (exact) mass is 191 g/mol. The number of hydrogen-bond acceptors (Lipinski definition) is 3. The standard InChI is InChI=1S/C9H9N3O2/c1-12-5-6(4-10)7(11-12)9(2-3-9)8(13)14/h5H,2-3H2,1H3,(H,13,14). The van der Waals surface area contributed by atoms with Crippen molar-refractivity contribution < 1.29 is 9.90 Å². The van der Waals surface area contributed by atoms with Crippen LogP contribution in [0.4, 0.5) is 0 Å². The van der Waals surface area contributed by atoms with Crippen molar-refractivity contribution >= 4 is 5.97 Å². The molecule has 0 spiro atoms. The second kappa shape index (κ2) is 2.58. The first-order valence-electron chi connectivity index (χ1n) is 4.28. The molecule has 1 aliphatic rings. The second-order valence-electron chi connectivity index (χ2n) is 3.56. The number of carbonyl (C=O) groups is 1. The van der Waals surface area contributed by atoms with Crippen molar-refractivity contribution in [1.82, 2.24) is 9.78 Å². The van der Waals surface area contributed by atoms with Crippen LogP contribution in [-0.2, 0) is 17.3 Å². The Balaban J connectivity index is 2.52. The molecule has 1 fully saturated rings. The van der Waals surface area contributed by atoms with E-state index in [9.17, 15) is 4.79 Å². The molecule has 0 aromatic carbocycles. The minimum absolute atomic E-state index is 0.368. The summed E-state index contributed by atoms with van der Waals surface area (Å²) in [4.78, 5) is 11.0. The molecule has 0 amide bonds. The molecule has 1 saturated carbocycles. The van der Waals surface area contributed by atoms with E-state index in [2.05, 4.69) is 5.10 Å². The molecule has 1 aromatic rings. The first-order valence-corrected chi connectivity index (χ1v) is 4.28. The van der Waals surface area contributed by atoms with Gasteiger partial charge >= 0.3 is 5.97 Å². The lowest BCUT2D eigenvalue weighted by Crippen LogP contribution is -2.21. The van der Waals surface area contributed by atoms with Gasteiger partial charge in [-0.1, -0.05) is 0 Å². The van der Waals surface area contributed by atoms with Gasteiger partial charge in [0.2, 0.25) is 0 Å². The summed E-state index contributed by atoms with van der Waals surface area (Å²) in [6.45, 7) is 0. The van der Waals surface area contributed by atoms with Crippen LogP contribution < -0.4 is 0 Å². The molecule has 2 rings (SSSR count). The summed E-state index contributed by atoms with van der Waals surface area (Å²) in [7, 11) is 1.68. The van der Waals surface area contributed by atoms with Crippen LogP contribution in [0.1, 0.15) is 24.1 Å². The van der Waals surface area contributed by atoms with Gasteiger partial charge in [0.05, 0.1) is 11.3 Å². The predicted molar refractivity (Wildman–Crippen MR) is 46.5 cm³/mol. The highest BCUT2D eigenvalue weighted by atomic mass is 16.4. The van der Waals surface area contributed by atoms with Crippen LogP contribution in [0.2, 0.25) is 0 Å². The number of nitrogens with zero attached hydrogens (tertiary/aromatic N) is 3. The SMILES string of the molecule is Cn1cc(C#N)c(C2(C(=O)O)CC2)n1. The number of aromatic nitrogens is 2. The Morgan fingerprint density at radius 1 is 1.79 bits per heavy atom. The lowest BCUT2D eigenvalue weighted by atomic mass is 10.00. The lowest BCUT2D eigenvalue weighted by Gasteiger charge is -2.05. The van der Waals surface area contributed by atoms with Crippen molar-refractivity contribution in [2.75, 3.05) is 0 Å². The van der Waals surface area contributed by atoms with Crippen LogP contribution in [0, 0.1) is 11.3 Å². The predicted octanol–water partition coefficient (Wildman–Crippen LogP) is 0.408. The van der Waals surface area contributed by atoms with Crippen molar-refractivity contribution in [3.63, 3.8) is 0 Å². The van der Waals surface area contributed by atoms with Crippen LogP contribution >= 0.6 is 0 Å². The van der Waals surface area contributed by atoms with Crippen molar-refractivity contribution in [1.29, 1.82) is 5.26 Å². The molecule has 0 aliphatic heterocycles. The average molecular weight is 191 g/mol. The molecule has 5 heteroatoms. The first kappa shape index (κ1) is 8.75. The lowest BCUT2D eigenvalue weighted by molar-refractivity contribution is -0.140. The molecule has 1 N–H and O–H groups in total. The maximum atomic E-state index is 11.0. The number of aryl methyl sites for hydroxylation is 1. The van der Waals surface area contributed by atoms with Gasteiger partial charge in [0.1, 0.15) is 11.5 Å². The molecule has 0 radical (unpaired) electrons. The van der Waals surface area contributed by atoms with E-state index in [-0.39, 0.29) is 0 Å². The largest absolute Gasteiger partial charge is 0.481 e. The quantitative estimate of drug-likeness (QED) is 0.734. The summed E-state index contributed by atoms with van der Waals surface area (Å²) in [5.41, 5.74) is -0.103. The molecular weight excluding hydrogens is 182 g/mol. The number of aliphatic carboxylic acids is 1. The number of nitriles is 1. The third-order valence-electron chi connectivity index (χ3n) is 2.56. The molecule has 0 unspecified atom stereocenters. The van der Waals surface area contributed by atoms with E-state index in [1.165, 1.54) is 4.68 Å². The highest BCUT2D eigenvalue weighted by Crippen LogP contribution is 2.48. The van der Waals surface area contributed by atoms with Crippen LogP contribution in [0.25, 0.3) is 0 Å². The van der Waals surface area contributed by atoms with E-state index < -0.39 is 11.4 Å². The van der Waals surface area contributed by atoms with Crippen molar-refractivity contribution in [2.24, 2.45) is 7.05 Å². The zero-order valence-electron chi connectivity index (χ0n) is 7.69. The summed E-state index contributed by atoms with van der Waals surface area (Å²) < 4.78 is 1.48. The van der Waals surface area contributed by atoms with Gasteiger partial charge in [0.15, 0.2) is 0 Å². The molecule has 5 nitrogen and oxygen atoms in total. The minimum atomic E-state index is -0.883. The Morgan fingerprint density at radius 2 is 2.43 bits per heavy atom. The van der Waals surface area contributed by atoms with Gasteiger partial charge in [-0.05, 0) is 12.8 Å². The number of hydrogen-bond donors (Lipinski definition) is 1. The Labute approximate surface area is 80.6 Å². The first-order chi connectivity index (χ1) is 6.60. The third kappa shape index (κ3) is 1.01.